The van der Waals surface area contributed by atoms with E-state index in [1.807, 2.05) is 66.9 Å². The normalized spacial score (nSPS) is 11.3. The molecule has 1 aromatic heterocycles. The van der Waals surface area contributed by atoms with E-state index in [1.54, 1.807) is 0 Å². The number of halogens is 1. The van der Waals surface area contributed by atoms with Crippen LogP contribution in [0, 0.1) is 18.3 Å². The fourth-order valence-corrected chi connectivity index (χ4v) is 3.42. The molecule has 0 saturated carbocycles. The first-order chi connectivity index (χ1) is 11.2. The molecule has 3 rings (SSSR count). The van der Waals surface area contributed by atoms with Gasteiger partial charge in [-0.1, -0.05) is 52.3 Å². The molecule has 0 bridgehead atoms. The topological polar surface area (TPSA) is 36.7 Å². The van der Waals surface area contributed by atoms with Crippen molar-refractivity contribution in [2.24, 2.45) is 0 Å². The number of allylic oxidation sites excluding steroid dienone is 1. The van der Waals surface area contributed by atoms with Crippen LogP contribution in [0.3, 0.4) is 0 Å². The molecule has 0 fully saturated rings. The summed E-state index contributed by atoms with van der Waals surface area (Å²) in [6, 6.07) is 18.3. The molecule has 23 heavy (non-hydrogen) atoms. The highest BCUT2D eigenvalue weighted by Crippen LogP contribution is 2.28. The van der Waals surface area contributed by atoms with Crippen LogP contribution in [0.4, 0.5) is 0 Å². The summed E-state index contributed by atoms with van der Waals surface area (Å²) in [5.41, 5.74) is 4.70. The smallest absolute Gasteiger partial charge is 0.134 e. The van der Waals surface area contributed by atoms with Crippen molar-refractivity contribution in [1.82, 2.24) is 4.98 Å². The second-order valence-corrected chi connectivity index (χ2v) is 6.85. The molecule has 0 amide bonds. The Kier molecular flexibility index (Phi) is 4.71. The Hall–Kier alpha value is -2.22. The standard InChI is InChI=1S/C19H13BrN2S/c1-13-5-2-3-6-14(13)9-16(11-21)19-22-18(12-23-19)15-7-4-8-17(20)10-15/h2-10,12H,1H3/b16-9-. The minimum atomic E-state index is 0.588. The van der Waals surface area contributed by atoms with E-state index in [9.17, 15) is 5.26 Å². The number of benzene rings is 2. The number of nitrogens with zero attached hydrogens (tertiary/aromatic N) is 2. The van der Waals surface area contributed by atoms with Crippen LogP contribution in [0.25, 0.3) is 22.9 Å². The van der Waals surface area contributed by atoms with E-state index < -0.39 is 0 Å². The average Bonchev–Trinajstić information content (AvgIpc) is 3.04. The van der Waals surface area contributed by atoms with E-state index in [0.717, 1.165) is 31.9 Å². The van der Waals surface area contributed by atoms with Gasteiger partial charge in [0.2, 0.25) is 0 Å². The van der Waals surface area contributed by atoms with Crippen LogP contribution in [0.5, 0.6) is 0 Å². The third kappa shape index (κ3) is 3.58. The zero-order valence-corrected chi connectivity index (χ0v) is 14.9. The third-order valence-corrected chi connectivity index (χ3v) is 4.83. The Morgan fingerprint density at radius 1 is 1.22 bits per heavy atom. The van der Waals surface area contributed by atoms with E-state index in [0.29, 0.717) is 5.57 Å². The summed E-state index contributed by atoms with van der Waals surface area (Å²) in [7, 11) is 0. The van der Waals surface area contributed by atoms with Crippen LogP contribution in [-0.2, 0) is 0 Å². The molecule has 0 aliphatic rings. The molecule has 0 radical (unpaired) electrons. The molecule has 3 aromatic rings. The van der Waals surface area contributed by atoms with E-state index >= 15 is 0 Å². The number of nitriles is 1. The number of aromatic nitrogens is 1. The fraction of sp³-hybridized carbons (Fsp3) is 0.0526. The minimum absolute atomic E-state index is 0.588. The van der Waals surface area contributed by atoms with Crippen molar-refractivity contribution >= 4 is 38.9 Å². The zero-order valence-electron chi connectivity index (χ0n) is 12.5. The van der Waals surface area contributed by atoms with Gasteiger partial charge in [-0.15, -0.1) is 11.3 Å². The Morgan fingerprint density at radius 2 is 2.04 bits per heavy atom. The first-order valence-electron chi connectivity index (χ1n) is 7.06. The first kappa shape index (κ1) is 15.7. The second kappa shape index (κ2) is 6.91. The molecule has 0 spiro atoms. The third-order valence-electron chi connectivity index (χ3n) is 3.46. The maximum Gasteiger partial charge on any atom is 0.134 e. The van der Waals surface area contributed by atoms with Gasteiger partial charge in [-0.05, 0) is 36.3 Å². The predicted octanol–water partition coefficient (Wildman–Crippen LogP) is 5.95. The van der Waals surface area contributed by atoms with Crippen molar-refractivity contribution in [3.05, 3.63) is 74.5 Å². The molecule has 0 N–H and O–H groups in total. The average molecular weight is 381 g/mol. The highest BCUT2D eigenvalue weighted by molar-refractivity contribution is 9.10. The molecule has 0 saturated heterocycles. The fourth-order valence-electron chi connectivity index (χ4n) is 2.22. The lowest BCUT2D eigenvalue weighted by molar-refractivity contribution is 1.36. The molecule has 2 nitrogen and oxygen atoms in total. The molecule has 4 heteroatoms. The van der Waals surface area contributed by atoms with Gasteiger partial charge in [-0.2, -0.15) is 5.26 Å². The quantitative estimate of drug-likeness (QED) is 0.526. The summed E-state index contributed by atoms with van der Waals surface area (Å²) in [6.45, 7) is 2.04. The monoisotopic (exact) mass is 380 g/mol. The van der Waals surface area contributed by atoms with Gasteiger partial charge in [0.25, 0.3) is 0 Å². The lowest BCUT2D eigenvalue weighted by atomic mass is 10.1. The maximum atomic E-state index is 9.50. The summed E-state index contributed by atoms with van der Waals surface area (Å²) < 4.78 is 1.01. The van der Waals surface area contributed by atoms with Gasteiger partial charge in [0.15, 0.2) is 0 Å². The van der Waals surface area contributed by atoms with Crippen LogP contribution < -0.4 is 0 Å². The number of rotatable bonds is 3. The number of thiazole rings is 1. The van der Waals surface area contributed by atoms with Crippen molar-refractivity contribution < 1.29 is 0 Å². The van der Waals surface area contributed by atoms with Crippen LogP contribution in [0.1, 0.15) is 16.1 Å². The van der Waals surface area contributed by atoms with Gasteiger partial charge in [0.05, 0.1) is 11.3 Å². The van der Waals surface area contributed by atoms with Crippen LogP contribution >= 0.6 is 27.3 Å². The number of hydrogen-bond donors (Lipinski definition) is 0. The lowest BCUT2D eigenvalue weighted by Gasteiger charge is -2.00. The summed E-state index contributed by atoms with van der Waals surface area (Å²) in [4.78, 5) is 4.63. The van der Waals surface area contributed by atoms with E-state index in [-0.39, 0.29) is 0 Å². The summed E-state index contributed by atoms with van der Waals surface area (Å²) >= 11 is 4.96. The Balaban J connectivity index is 1.98. The van der Waals surface area contributed by atoms with E-state index in [2.05, 4.69) is 27.0 Å². The molecule has 112 valence electrons. The molecule has 0 unspecified atom stereocenters. The second-order valence-electron chi connectivity index (χ2n) is 5.07. The van der Waals surface area contributed by atoms with E-state index in [1.165, 1.54) is 11.3 Å². The van der Waals surface area contributed by atoms with Gasteiger partial charge in [-0.3, -0.25) is 0 Å². The predicted molar refractivity (Wildman–Crippen MR) is 99.9 cm³/mol. The molecule has 0 aliphatic carbocycles. The molecule has 0 aliphatic heterocycles. The van der Waals surface area contributed by atoms with Crippen LogP contribution in [0.2, 0.25) is 0 Å². The highest BCUT2D eigenvalue weighted by Gasteiger charge is 2.09. The minimum Gasteiger partial charge on any atom is -0.235 e. The molecule has 2 aromatic carbocycles. The molecule has 0 atom stereocenters. The van der Waals surface area contributed by atoms with Crippen molar-refractivity contribution in [1.29, 1.82) is 5.26 Å². The zero-order chi connectivity index (χ0) is 16.2. The van der Waals surface area contributed by atoms with Gasteiger partial charge >= 0.3 is 0 Å². The molecular formula is C19H13BrN2S. The van der Waals surface area contributed by atoms with E-state index in [4.69, 9.17) is 0 Å². The van der Waals surface area contributed by atoms with Crippen molar-refractivity contribution in [2.45, 2.75) is 6.92 Å². The summed E-state index contributed by atoms with van der Waals surface area (Å²) in [5.74, 6) is 0. The van der Waals surface area contributed by atoms with Crippen molar-refractivity contribution in [2.75, 3.05) is 0 Å². The van der Waals surface area contributed by atoms with Crippen molar-refractivity contribution in [3.63, 3.8) is 0 Å². The Bertz CT molecular complexity index is 919. The van der Waals surface area contributed by atoms with Gasteiger partial charge in [0.1, 0.15) is 11.1 Å². The summed E-state index contributed by atoms with van der Waals surface area (Å²) in [5, 5.41) is 12.2. The van der Waals surface area contributed by atoms with Crippen molar-refractivity contribution in [3.8, 4) is 17.3 Å². The molecular weight excluding hydrogens is 368 g/mol. The first-order valence-corrected chi connectivity index (χ1v) is 8.74. The van der Waals surface area contributed by atoms with Gasteiger partial charge in [-0.25, -0.2) is 4.98 Å². The lowest BCUT2D eigenvalue weighted by Crippen LogP contribution is -1.85. The van der Waals surface area contributed by atoms with Gasteiger partial charge in [0, 0.05) is 15.4 Å². The Morgan fingerprint density at radius 3 is 2.78 bits per heavy atom. The summed E-state index contributed by atoms with van der Waals surface area (Å²) in [6.07, 6.45) is 1.90. The molecule has 1 heterocycles. The SMILES string of the molecule is Cc1ccccc1/C=C(/C#N)c1nc(-c2cccc(Br)c2)cs1. The number of hydrogen-bond acceptors (Lipinski definition) is 3. The highest BCUT2D eigenvalue weighted by atomic mass is 79.9. The largest absolute Gasteiger partial charge is 0.235 e. The van der Waals surface area contributed by atoms with Gasteiger partial charge < -0.3 is 0 Å². The maximum absolute atomic E-state index is 9.50. The van der Waals surface area contributed by atoms with Crippen LogP contribution in [-0.4, -0.2) is 4.98 Å². The number of aryl methyl sites for hydroxylation is 1. The Labute approximate surface area is 147 Å². The van der Waals surface area contributed by atoms with Crippen LogP contribution in [0.15, 0.2) is 58.4 Å².